The van der Waals surface area contributed by atoms with Crippen LogP contribution in [0.1, 0.15) is 25.6 Å². The lowest BCUT2D eigenvalue weighted by Gasteiger charge is -2.07. The molecule has 1 atom stereocenters. The van der Waals surface area contributed by atoms with Gasteiger partial charge in [0.2, 0.25) is 5.89 Å². The third-order valence-corrected chi connectivity index (χ3v) is 2.26. The van der Waals surface area contributed by atoms with Crippen molar-refractivity contribution in [2.75, 3.05) is 19.8 Å². The molecule has 0 aliphatic heterocycles. The standard InChI is InChI=1S/C11H19F2N3O2/c1-3-14-8(2)6-11-15-10(16-18-11)4-5-17-7-9(12)13/h8-9,14H,3-7H2,1-2H3. The number of ether oxygens (including phenoxy) is 1. The van der Waals surface area contributed by atoms with E-state index in [1.807, 2.05) is 13.8 Å². The minimum Gasteiger partial charge on any atom is -0.375 e. The maximum atomic E-state index is 11.8. The maximum absolute atomic E-state index is 11.8. The summed E-state index contributed by atoms with van der Waals surface area (Å²) < 4.78 is 33.4. The molecule has 0 saturated heterocycles. The van der Waals surface area contributed by atoms with E-state index in [1.165, 1.54) is 0 Å². The summed E-state index contributed by atoms with van der Waals surface area (Å²) in [6.07, 6.45) is -1.41. The van der Waals surface area contributed by atoms with Gasteiger partial charge in [-0.25, -0.2) is 8.78 Å². The molecular weight excluding hydrogens is 244 g/mol. The molecule has 0 saturated carbocycles. The average molecular weight is 263 g/mol. The number of halogens is 2. The van der Waals surface area contributed by atoms with E-state index in [0.29, 0.717) is 24.6 Å². The molecule has 0 amide bonds. The van der Waals surface area contributed by atoms with E-state index in [2.05, 4.69) is 15.5 Å². The highest BCUT2D eigenvalue weighted by Gasteiger charge is 2.10. The van der Waals surface area contributed by atoms with Crippen molar-refractivity contribution in [3.8, 4) is 0 Å². The van der Waals surface area contributed by atoms with E-state index in [-0.39, 0.29) is 12.6 Å². The van der Waals surface area contributed by atoms with Crippen LogP contribution in [0.3, 0.4) is 0 Å². The Morgan fingerprint density at radius 1 is 1.44 bits per heavy atom. The van der Waals surface area contributed by atoms with Crippen LogP contribution in [0.4, 0.5) is 8.78 Å². The van der Waals surface area contributed by atoms with E-state index in [4.69, 9.17) is 9.26 Å². The van der Waals surface area contributed by atoms with E-state index in [1.54, 1.807) is 0 Å². The fourth-order valence-electron chi connectivity index (χ4n) is 1.49. The Bertz CT molecular complexity index is 334. The van der Waals surface area contributed by atoms with Crippen LogP contribution in [0.15, 0.2) is 4.52 Å². The van der Waals surface area contributed by atoms with Gasteiger partial charge in [-0.3, -0.25) is 0 Å². The van der Waals surface area contributed by atoms with Crippen LogP contribution in [-0.2, 0) is 17.6 Å². The van der Waals surface area contributed by atoms with Gasteiger partial charge in [0.15, 0.2) is 5.82 Å². The van der Waals surface area contributed by atoms with Gasteiger partial charge in [0.1, 0.15) is 6.61 Å². The molecule has 104 valence electrons. The number of rotatable bonds is 9. The van der Waals surface area contributed by atoms with Crippen LogP contribution in [-0.4, -0.2) is 42.4 Å². The molecule has 5 nitrogen and oxygen atoms in total. The predicted molar refractivity (Wildman–Crippen MR) is 61.7 cm³/mol. The van der Waals surface area contributed by atoms with Crippen molar-refractivity contribution < 1.29 is 18.0 Å². The van der Waals surface area contributed by atoms with Gasteiger partial charge in [-0.1, -0.05) is 12.1 Å². The number of aromatic nitrogens is 2. The van der Waals surface area contributed by atoms with E-state index < -0.39 is 13.0 Å². The first kappa shape index (κ1) is 15.0. The Hall–Kier alpha value is -1.08. The lowest BCUT2D eigenvalue weighted by Crippen LogP contribution is -2.27. The summed E-state index contributed by atoms with van der Waals surface area (Å²) in [7, 11) is 0. The fourth-order valence-corrected chi connectivity index (χ4v) is 1.49. The van der Waals surface area contributed by atoms with Crippen molar-refractivity contribution in [1.82, 2.24) is 15.5 Å². The molecule has 0 aliphatic rings. The zero-order valence-electron chi connectivity index (χ0n) is 10.7. The molecule has 7 heteroatoms. The van der Waals surface area contributed by atoms with Crippen LogP contribution in [0, 0.1) is 0 Å². The molecule has 0 bridgehead atoms. The van der Waals surface area contributed by atoms with Crippen molar-refractivity contribution >= 4 is 0 Å². The Morgan fingerprint density at radius 2 is 2.22 bits per heavy atom. The Labute approximate surface area is 105 Å². The first-order valence-electron chi connectivity index (χ1n) is 6.02. The second-order valence-electron chi connectivity index (χ2n) is 3.98. The summed E-state index contributed by atoms with van der Waals surface area (Å²) >= 11 is 0. The fraction of sp³-hybridized carbons (Fsp3) is 0.818. The predicted octanol–water partition coefficient (Wildman–Crippen LogP) is 1.43. The van der Waals surface area contributed by atoms with Gasteiger partial charge in [0, 0.05) is 18.9 Å². The molecule has 1 rings (SSSR count). The number of hydrogen-bond acceptors (Lipinski definition) is 5. The van der Waals surface area contributed by atoms with Crippen molar-refractivity contribution in [2.45, 2.75) is 39.2 Å². The SMILES string of the molecule is CCNC(C)Cc1nc(CCOCC(F)F)no1. The van der Waals surface area contributed by atoms with Crippen LogP contribution >= 0.6 is 0 Å². The van der Waals surface area contributed by atoms with Crippen LogP contribution in [0.2, 0.25) is 0 Å². The zero-order chi connectivity index (χ0) is 13.4. The maximum Gasteiger partial charge on any atom is 0.261 e. The normalized spacial score (nSPS) is 13.2. The number of alkyl halides is 2. The van der Waals surface area contributed by atoms with E-state index in [0.717, 1.165) is 6.54 Å². The highest BCUT2D eigenvalue weighted by molar-refractivity contribution is 4.89. The van der Waals surface area contributed by atoms with Gasteiger partial charge >= 0.3 is 0 Å². The summed E-state index contributed by atoms with van der Waals surface area (Å²) in [4.78, 5) is 4.16. The summed E-state index contributed by atoms with van der Waals surface area (Å²) in [6.45, 7) is 4.55. The molecule has 1 heterocycles. The smallest absolute Gasteiger partial charge is 0.261 e. The molecule has 0 radical (unpaired) electrons. The van der Waals surface area contributed by atoms with Crippen LogP contribution < -0.4 is 5.32 Å². The van der Waals surface area contributed by atoms with Crippen LogP contribution in [0.5, 0.6) is 0 Å². The monoisotopic (exact) mass is 263 g/mol. The largest absolute Gasteiger partial charge is 0.375 e. The molecule has 0 spiro atoms. The van der Waals surface area contributed by atoms with Crippen molar-refractivity contribution in [3.63, 3.8) is 0 Å². The lowest BCUT2D eigenvalue weighted by atomic mass is 10.2. The molecule has 1 N–H and O–H groups in total. The Balaban J connectivity index is 2.25. The van der Waals surface area contributed by atoms with E-state index >= 15 is 0 Å². The van der Waals surface area contributed by atoms with Crippen molar-refractivity contribution in [3.05, 3.63) is 11.7 Å². The van der Waals surface area contributed by atoms with Gasteiger partial charge in [-0.15, -0.1) is 0 Å². The topological polar surface area (TPSA) is 60.2 Å². The molecule has 0 aromatic carbocycles. The third kappa shape index (κ3) is 6.02. The molecule has 0 fully saturated rings. The number of likely N-dealkylation sites (N-methyl/N-ethyl adjacent to an activating group) is 1. The van der Waals surface area contributed by atoms with Gasteiger partial charge in [-0.2, -0.15) is 4.98 Å². The molecular formula is C11H19F2N3O2. The second-order valence-corrected chi connectivity index (χ2v) is 3.98. The number of nitrogens with one attached hydrogen (secondary N) is 1. The second kappa shape index (κ2) is 8.10. The summed E-state index contributed by atoms with van der Waals surface area (Å²) in [5.41, 5.74) is 0. The summed E-state index contributed by atoms with van der Waals surface area (Å²) in [5, 5.41) is 7.00. The molecule has 0 aliphatic carbocycles. The van der Waals surface area contributed by atoms with Gasteiger partial charge in [0.25, 0.3) is 6.43 Å². The van der Waals surface area contributed by atoms with Gasteiger partial charge in [0.05, 0.1) is 6.61 Å². The quantitative estimate of drug-likeness (QED) is 0.683. The number of hydrogen-bond donors (Lipinski definition) is 1. The van der Waals surface area contributed by atoms with Crippen LogP contribution in [0.25, 0.3) is 0 Å². The Morgan fingerprint density at radius 3 is 2.89 bits per heavy atom. The minimum atomic E-state index is -2.44. The summed E-state index contributed by atoms with van der Waals surface area (Å²) in [5.74, 6) is 1.04. The molecule has 1 unspecified atom stereocenters. The molecule has 1 aromatic heterocycles. The summed E-state index contributed by atoms with van der Waals surface area (Å²) in [6, 6.07) is 0.262. The number of nitrogens with zero attached hydrogens (tertiary/aromatic N) is 2. The minimum absolute atomic E-state index is 0.173. The highest BCUT2D eigenvalue weighted by atomic mass is 19.3. The Kier molecular flexibility index (Phi) is 6.74. The van der Waals surface area contributed by atoms with E-state index in [9.17, 15) is 8.78 Å². The first-order chi connectivity index (χ1) is 8.61. The molecule has 18 heavy (non-hydrogen) atoms. The van der Waals surface area contributed by atoms with Crippen molar-refractivity contribution in [1.29, 1.82) is 0 Å². The lowest BCUT2D eigenvalue weighted by molar-refractivity contribution is 0.0182. The highest BCUT2D eigenvalue weighted by Crippen LogP contribution is 2.02. The molecule has 1 aromatic rings. The van der Waals surface area contributed by atoms with Gasteiger partial charge < -0.3 is 14.6 Å². The average Bonchev–Trinajstić information content (AvgIpc) is 2.72. The zero-order valence-corrected chi connectivity index (χ0v) is 10.7. The third-order valence-electron chi connectivity index (χ3n) is 2.26. The van der Waals surface area contributed by atoms with Gasteiger partial charge in [-0.05, 0) is 13.5 Å². The first-order valence-corrected chi connectivity index (χ1v) is 6.02. The van der Waals surface area contributed by atoms with Crippen molar-refractivity contribution in [2.24, 2.45) is 0 Å².